The van der Waals surface area contributed by atoms with Crippen LogP contribution in [0, 0.1) is 5.41 Å². The third-order valence-electron chi connectivity index (χ3n) is 3.99. The molecule has 1 aromatic heterocycles. The number of fused-ring (bicyclic) bond motifs is 1. The van der Waals surface area contributed by atoms with E-state index < -0.39 is 0 Å². The molecule has 3 rings (SSSR count). The Morgan fingerprint density at radius 1 is 1.47 bits per heavy atom. The zero-order valence-electron chi connectivity index (χ0n) is 11.0. The molecule has 0 unspecified atom stereocenters. The molecule has 1 amide bonds. The number of aryl methyl sites for hydroxylation is 1. The van der Waals surface area contributed by atoms with Gasteiger partial charge in [-0.3, -0.25) is 9.48 Å². The average Bonchev–Trinajstić information content (AvgIpc) is 3.15. The summed E-state index contributed by atoms with van der Waals surface area (Å²) < 4.78 is 1.74. The van der Waals surface area contributed by atoms with Crippen molar-refractivity contribution in [3.8, 4) is 0 Å². The van der Waals surface area contributed by atoms with Crippen molar-refractivity contribution >= 4 is 16.8 Å². The maximum Gasteiger partial charge on any atom is 0.272 e. The van der Waals surface area contributed by atoms with Crippen LogP contribution in [0.2, 0.25) is 0 Å². The van der Waals surface area contributed by atoms with E-state index in [0.717, 1.165) is 23.7 Å². The molecule has 0 saturated heterocycles. The summed E-state index contributed by atoms with van der Waals surface area (Å²) >= 11 is 0. The maximum absolute atomic E-state index is 12.2. The topological polar surface area (TPSA) is 72.9 Å². The Hall–Kier alpha value is -1.88. The minimum atomic E-state index is -0.114. The standard InChI is InChI=1S/C14H18N4O/c1-18-11-5-3-2-4-10(11)12(17-18)13(19)16-9-14(8-15)6-7-14/h2-5H,6-9,15H2,1H3,(H,16,19). The van der Waals surface area contributed by atoms with Crippen molar-refractivity contribution in [1.82, 2.24) is 15.1 Å². The molecule has 0 radical (unpaired) electrons. The van der Waals surface area contributed by atoms with Crippen molar-refractivity contribution in [3.05, 3.63) is 30.0 Å². The summed E-state index contributed by atoms with van der Waals surface area (Å²) in [4.78, 5) is 12.2. The minimum Gasteiger partial charge on any atom is -0.350 e. The van der Waals surface area contributed by atoms with Crippen molar-refractivity contribution < 1.29 is 4.79 Å². The van der Waals surface area contributed by atoms with Crippen LogP contribution >= 0.6 is 0 Å². The van der Waals surface area contributed by atoms with Gasteiger partial charge in [-0.2, -0.15) is 5.10 Å². The minimum absolute atomic E-state index is 0.114. The Labute approximate surface area is 111 Å². The lowest BCUT2D eigenvalue weighted by atomic mass is 10.1. The monoisotopic (exact) mass is 258 g/mol. The molecule has 3 N–H and O–H groups in total. The third-order valence-corrected chi connectivity index (χ3v) is 3.99. The summed E-state index contributed by atoms with van der Waals surface area (Å²) in [5.41, 5.74) is 7.31. The summed E-state index contributed by atoms with van der Waals surface area (Å²) in [6.45, 7) is 1.28. The van der Waals surface area contributed by atoms with Crippen LogP contribution in [0.4, 0.5) is 0 Å². The molecule has 0 atom stereocenters. The molecule has 19 heavy (non-hydrogen) atoms. The molecule has 0 aliphatic heterocycles. The van der Waals surface area contributed by atoms with Gasteiger partial charge in [0.1, 0.15) is 0 Å². The van der Waals surface area contributed by atoms with E-state index in [0.29, 0.717) is 18.8 Å². The predicted molar refractivity (Wildman–Crippen MR) is 73.8 cm³/mol. The molecule has 1 fully saturated rings. The average molecular weight is 258 g/mol. The molecule has 0 bridgehead atoms. The van der Waals surface area contributed by atoms with Gasteiger partial charge in [0.15, 0.2) is 5.69 Å². The van der Waals surface area contributed by atoms with Crippen LogP contribution in [0.3, 0.4) is 0 Å². The number of nitrogens with two attached hydrogens (primary N) is 1. The predicted octanol–water partition coefficient (Wildman–Crippen LogP) is 1.04. The number of para-hydroxylation sites is 1. The first-order valence-corrected chi connectivity index (χ1v) is 6.55. The Morgan fingerprint density at radius 3 is 2.89 bits per heavy atom. The van der Waals surface area contributed by atoms with Crippen molar-refractivity contribution in [1.29, 1.82) is 0 Å². The molecule has 5 heteroatoms. The fourth-order valence-corrected chi connectivity index (χ4v) is 2.36. The molecular weight excluding hydrogens is 240 g/mol. The van der Waals surface area contributed by atoms with Gasteiger partial charge in [0.05, 0.1) is 5.52 Å². The third kappa shape index (κ3) is 2.10. The van der Waals surface area contributed by atoms with E-state index in [4.69, 9.17) is 5.73 Å². The number of rotatable bonds is 4. The van der Waals surface area contributed by atoms with Gasteiger partial charge in [0.2, 0.25) is 0 Å². The van der Waals surface area contributed by atoms with Gasteiger partial charge >= 0.3 is 0 Å². The number of benzene rings is 1. The molecule has 5 nitrogen and oxygen atoms in total. The van der Waals surface area contributed by atoms with E-state index in [-0.39, 0.29) is 11.3 Å². The molecular formula is C14H18N4O. The first kappa shape index (κ1) is 12.2. The lowest BCUT2D eigenvalue weighted by Gasteiger charge is -2.12. The highest BCUT2D eigenvalue weighted by molar-refractivity contribution is 6.04. The number of carbonyl (C=O) groups excluding carboxylic acids is 1. The highest BCUT2D eigenvalue weighted by Gasteiger charge is 2.41. The van der Waals surface area contributed by atoms with Crippen molar-refractivity contribution in [2.75, 3.05) is 13.1 Å². The van der Waals surface area contributed by atoms with E-state index in [1.165, 1.54) is 0 Å². The smallest absolute Gasteiger partial charge is 0.272 e. The Kier molecular flexibility index (Phi) is 2.78. The van der Waals surface area contributed by atoms with Gasteiger partial charge < -0.3 is 11.1 Å². The molecule has 1 aromatic carbocycles. The summed E-state index contributed by atoms with van der Waals surface area (Å²) in [5.74, 6) is -0.114. The SMILES string of the molecule is Cn1nc(C(=O)NCC2(CN)CC2)c2ccccc21. The largest absolute Gasteiger partial charge is 0.350 e. The summed E-state index contributed by atoms with van der Waals surface area (Å²) in [5, 5.41) is 8.16. The number of aromatic nitrogens is 2. The zero-order chi connectivity index (χ0) is 13.5. The second-order valence-corrected chi connectivity index (χ2v) is 5.38. The van der Waals surface area contributed by atoms with E-state index >= 15 is 0 Å². The molecule has 1 aliphatic carbocycles. The maximum atomic E-state index is 12.2. The number of carbonyl (C=O) groups is 1. The van der Waals surface area contributed by atoms with Crippen molar-refractivity contribution in [2.45, 2.75) is 12.8 Å². The number of hydrogen-bond donors (Lipinski definition) is 2. The van der Waals surface area contributed by atoms with Gasteiger partial charge in [0.25, 0.3) is 5.91 Å². The number of amides is 1. The Bertz CT molecular complexity index is 627. The van der Waals surface area contributed by atoms with Crippen LogP contribution in [-0.2, 0) is 7.05 Å². The Balaban J connectivity index is 1.82. The number of nitrogens with zero attached hydrogens (tertiary/aromatic N) is 2. The summed E-state index contributed by atoms with van der Waals surface area (Å²) in [7, 11) is 1.85. The van der Waals surface area contributed by atoms with Crippen molar-refractivity contribution in [2.24, 2.45) is 18.2 Å². The van der Waals surface area contributed by atoms with Gasteiger partial charge in [-0.25, -0.2) is 0 Å². The van der Waals surface area contributed by atoms with Crippen molar-refractivity contribution in [3.63, 3.8) is 0 Å². The number of hydrogen-bond acceptors (Lipinski definition) is 3. The van der Waals surface area contributed by atoms with Gasteiger partial charge in [0, 0.05) is 24.4 Å². The second-order valence-electron chi connectivity index (χ2n) is 5.38. The molecule has 1 saturated carbocycles. The second kappa shape index (κ2) is 4.35. The van der Waals surface area contributed by atoms with E-state index in [2.05, 4.69) is 10.4 Å². The number of nitrogens with one attached hydrogen (secondary N) is 1. The van der Waals surface area contributed by atoms with Crippen LogP contribution in [-0.4, -0.2) is 28.8 Å². The van der Waals surface area contributed by atoms with Crippen LogP contribution in [0.25, 0.3) is 10.9 Å². The lowest BCUT2D eigenvalue weighted by molar-refractivity contribution is 0.0941. The first-order valence-electron chi connectivity index (χ1n) is 6.55. The fraction of sp³-hybridized carbons (Fsp3) is 0.429. The van der Waals surface area contributed by atoms with Crippen LogP contribution < -0.4 is 11.1 Å². The van der Waals surface area contributed by atoms with Crippen LogP contribution in [0.15, 0.2) is 24.3 Å². The van der Waals surface area contributed by atoms with E-state index in [1.54, 1.807) is 4.68 Å². The zero-order valence-corrected chi connectivity index (χ0v) is 11.0. The van der Waals surface area contributed by atoms with Gasteiger partial charge in [-0.15, -0.1) is 0 Å². The molecule has 1 heterocycles. The molecule has 0 spiro atoms. The quantitative estimate of drug-likeness (QED) is 0.860. The van der Waals surface area contributed by atoms with Gasteiger partial charge in [-0.05, 0) is 25.5 Å². The Morgan fingerprint density at radius 2 is 2.21 bits per heavy atom. The van der Waals surface area contributed by atoms with E-state index in [1.807, 2.05) is 31.3 Å². The molecule has 2 aromatic rings. The van der Waals surface area contributed by atoms with E-state index in [9.17, 15) is 4.79 Å². The van der Waals surface area contributed by atoms with Crippen LogP contribution in [0.5, 0.6) is 0 Å². The first-order chi connectivity index (χ1) is 9.15. The highest BCUT2D eigenvalue weighted by atomic mass is 16.1. The van der Waals surface area contributed by atoms with Crippen LogP contribution in [0.1, 0.15) is 23.3 Å². The lowest BCUT2D eigenvalue weighted by Crippen LogP contribution is -2.34. The summed E-state index contributed by atoms with van der Waals surface area (Å²) in [6.07, 6.45) is 2.21. The molecule has 1 aliphatic rings. The fourth-order valence-electron chi connectivity index (χ4n) is 2.36. The highest BCUT2D eigenvalue weighted by Crippen LogP contribution is 2.43. The summed E-state index contributed by atoms with van der Waals surface area (Å²) in [6, 6.07) is 7.75. The normalized spacial score (nSPS) is 16.5. The van der Waals surface area contributed by atoms with Gasteiger partial charge in [-0.1, -0.05) is 18.2 Å². The molecule has 100 valence electrons.